The molecule has 3 aromatic rings. The molecule has 7 heteroatoms. The lowest BCUT2D eigenvalue weighted by atomic mass is 10.2. The van der Waals surface area contributed by atoms with Gasteiger partial charge in [-0.3, -0.25) is 0 Å². The van der Waals surface area contributed by atoms with E-state index in [-0.39, 0.29) is 5.82 Å². The van der Waals surface area contributed by atoms with E-state index in [0.29, 0.717) is 6.42 Å². The Kier molecular flexibility index (Phi) is 5.89. The van der Waals surface area contributed by atoms with Crippen LogP contribution in [0.2, 0.25) is 0 Å². The molecular weight excluding hydrogens is 379 g/mol. The minimum Gasteiger partial charge on any atom is -0.370 e. The van der Waals surface area contributed by atoms with Crippen LogP contribution in [0.5, 0.6) is 0 Å². The van der Waals surface area contributed by atoms with Gasteiger partial charge in [-0.1, -0.05) is 35.6 Å². The van der Waals surface area contributed by atoms with E-state index in [4.69, 9.17) is 0 Å². The van der Waals surface area contributed by atoms with Gasteiger partial charge in [0.1, 0.15) is 10.8 Å². The summed E-state index contributed by atoms with van der Waals surface area (Å²) in [5, 5.41) is 13.5. The van der Waals surface area contributed by atoms with E-state index in [1.807, 2.05) is 11.8 Å². The van der Waals surface area contributed by atoms with E-state index in [9.17, 15) is 4.39 Å². The fourth-order valence-corrected chi connectivity index (χ4v) is 4.67. The van der Waals surface area contributed by atoms with Gasteiger partial charge < -0.3 is 10.2 Å². The lowest BCUT2D eigenvalue weighted by molar-refractivity contribution is 0.627. The van der Waals surface area contributed by atoms with E-state index in [2.05, 4.69) is 44.7 Å². The lowest BCUT2D eigenvalue weighted by Gasteiger charge is -2.28. The first kappa shape index (κ1) is 18.3. The molecule has 1 fully saturated rings. The number of hydrogen-bond donors (Lipinski definition) is 1. The lowest BCUT2D eigenvalue weighted by Crippen LogP contribution is -2.32. The maximum absolute atomic E-state index is 13.0. The molecule has 4 nitrogen and oxygen atoms in total. The monoisotopic (exact) mass is 400 g/mol. The molecule has 0 aliphatic carbocycles. The van der Waals surface area contributed by atoms with Crippen LogP contribution in [0.3, 0.4) is 0 Å². The van der Waals surface area contributed by atoms with Gasteiger partial charge in [0.2, 0.25) is 5.13 Å². The van der Waals surface area contributed by atoms with Gasteiger partial charge in [-0.05, 0) is 35.4 Å². The number of hydrogen-bond acceptors (Lipinski definition) is 6. The van der Waals surface area contributed by atoms with Crippen LogP contribution in [-0.2, 0) is 13.0 Å². The second-order valence-electron chi connectivity index (χ2n) is 6.42. The standard InChI is InChI=1S/C20H21FN4S2/c21-17-5-1-15(2-6-17)13-19-23-24-20(27-19)22-14-16-3-7-18(8-4-16)25-9-11-26-12-10-25/h1-8H,9-14H2,(H,22,24). The molecule has 2 heterocycles. The molecule has 140 valence electrons. The summed E-state index contributed by atoms with van der Waals surface area (Å²) >= 11 is 3.56. The Bertz CT molecular complexity index is 858. The number of anilines is 2. The Morgan fingerprint density at radius 1 is 0.926 bits per heavy atom. The Morgan fingerprint density at radius 2 is 1.63 bits per heavy atom. The molecule has 1 aliphatic heterocycles. The highest BCUT2D eigenvalue weighted by Crippen LogP contribution is 2.22. The highest BCUT2D eigenvalue weighted by molar-refractivity contribution is 7.99. The van der Waals surface area contributed by atoms with Crippen molar-refractivity contribution in [2.24, 2.45) is 0 Å². The summed E-state index contributed by atoms with van der Waals surface area (Å²) < 4.78 is 13.0. The summed E-state index contributed by atoms with van der Waals surface area (Å²) in [6.45, 7) is 2.98. The minimum absolute atomic E-state index is 0.219. The van der Waals surface area contributed by atoms with Gasteiger partial charge in [-0.25, -0.2) is 4.39 Å². The molecule has 0 amide bonds. The highest BCUT2D eigenvalue weighted by Gasteiger charge is 2.11. The van der Waals surface area contributed by atoms with Crippen LogP contribution < -0.4 is 10.2 Å². The highest BCUT2D eigenvalue weighted by atomic mass is 32.2. The Hall–Kier alpha value is -2.12. The molecule has 0 radical (unpaired) electrons. The topological polar surface area (TPSA) is 41.1 Å². The van der Waals surface area contributed by atoms with E-state index in [1.165, 1.54) is 46.2 Å². The van der Waals surface area contributed by atoms with Gasteiger partial charge in [-0.15, -0.1) is 10.2 Å². The molecule has 1 saturated heterocycles. The third kappa shape index (κ3) is 4.99. The summed E-state index contributed by atoms with van der Waals surface area (Å²) in [6.07, 6.45) is 0.669. The van der Waals surface area contributed by atoms with Crippen LogP contribution in [0.15, 0.2) is 48.5 Å². The van der Waals surface area contributed by atoms with Gasteiger partial charge >= 0.3 is 0 Å². The first-order chi connectivity index (χ1) is 13.3. The number of aromatic nitrogens is 2. The first-order valence-corrected chi connectivity index (χ1v) is 11.0. The maximum atomic E-state index is 13.0. The van der Waals surface area contributed by atoms with Crippen molar-refractivity contribution < 1.29 is 4.39 Å². The van der Waals surface area contributed by atoms with Crippen LogP contribution in [0, 0.1) is 5.82 Å². The molecule has 0 saturated carbocycles. The van der Waals surface area contributed by atoms with Crippen LogP contribution in [0.25, 0.3) is 0 Å². The Labute approximate surface area is 166 Å². The van der Waals surface area contributed by atoms with Crippen molar-refractivity contribution in [3.63, 3.8) is 0 Å². The molecule has 4 rings (SSSR count). The summed E-state index contributed by atoms with van der Waals surface area (Å²) in [6, 6.07) is 15.3. The van der Waals surface area contributed by atoms with Crippen molar-refractivity contribution in [3.8, 4) is 0 Å². The fourth-order valence-electron chi connectivity index (χ4n) is 3.00. The first-order valence-electron chi connectivity index (χ1n) is 8.98. The molecule has 27 heavy (non-hydrogen) atoms. The van der Waals surface area contributed by atoms with E-state index in [1.54, 1.807) is 12.1 Å². The van der Waals surface area contributed by atoms with Crippen LogP contribution >= 0.6 is 23.1 Å². The van der Waals surface area contributed by atoms with Gasteiger partial charge in [0, 0.05) is 43.2 Å². The third-order valence-electron chi connectivity index (χ3n) is 4.49. The van der Waals surface area contributed by atoms with Gasteiger partial charge in [0.05, 0.1) is 0 Å². The minimum atomic E-state index is -0.219. The van der Waals surface area contributed by atoms with Crippen molar-refractivity contribution in [1.82, 2.24) is 10.2 Å². The Balaban J connectivity index is 1.31. The molecule has 1 aromatic heterocycles. The number of halogens is 1. The van der Waals surface area contributed by atoms with E-state index in [0.717, 1.165) is 35.3 Å². The van der Waals surface area contributed by atoms with E-state index < -0.39 is 0 Å². The average Bonchev–Trinajstić information content (AvgIpc) is 3.17. The summed E-state index contributed by atoms with van der Waals surface area (Å²) in [4.78, 5) is 2.44. The predicted molar refractivity (Wildman–Crippen MR) is 112 cm³/mol. The van der Waals surface area contributed by atoms with Gasteiger partial charge in [0.15, 0.2) is 0 Å². The number of nitrogens with one attached hydrogen (secondary N) is 1. The number of benzene rings is 2. The van der Waals surface area contributed by atoms with Crippen molar-refractivity contribution in [2.45, 2.75) is 13.0 Å². The normalized spacial score (nSPS) is 14.3. The van der Waals surface area contributed by atoms with Crippen LogP contribution in [0.4, 0.5) is 15.2 Å². The average molecular weight is 401 g/mol. The maximum Gasteiger partial charge on any atom is 0.205 e. The quantitative estimate of drug-likeness (QED) is 0.663. The molecule has 1 aliphatic rings. The molecule has 1 N–H and O–H groups in total. The zero-order chi connectivity index (χ0) is 18.5. The molecule has 0 bridgehead atoms. The second-order valence-corrected chi connectivity index (χ2v) is 8.71. The van der Waals surface area contributed by atoms with Crippen LogP contribution in [-0.4, -0.2) is 34.8 Å². The summed E-state index contributed by atoms with van der Waals surface area (Å²) in [5.74, 6) is 2.20. The molecule has 0 unspecified atom stereocenters. The predicted octanol–water partition coefficient (Wildman–Crippen LogP) is 4.43. The van der Waals surface area contributed by atoms with Crippen molar-refractivity contribution in [2.75, 3.05) is 34.8 Å². The van der Waals surface area contributed by atoms with Crippen molar-refractivity contribution in [1.29, 1.82) is 0 Å². The third-order valence-corrected chi connectivity index (χ3v) is 6.32. The van der Waals surface area contributed by atoms with Crippen LogP contribution in [0.1, 0.15) is 16.1 Å². The van der Waals surface area contributed by atoms with Crippen molar-refractivity contribution >= 4 is 33.9 Å². The molecule has 2 aromatic carbocycles. The smallest absolute Gasteiger partial charge is 0.205 e. The van der Waals surface area contributed by atoms with Gasteiger partial charge in [0.25, 0.3) is 0 Å². The molecule has 0 atom stereocenters. The Morgan fingerprint density at radius 3 is 2.37 bits per heavy atom. The second kappa shape index (κ2) is 8.71. The SMILES string of the molecule is Fc1ccc(Cc2nnc(NCc3ccc(N4CCSCC4)cc3)s2)cc1. The number of rotatable bonds is 6. The van der Waals surface area contributed by atoms with Gasteiger partial charge in [-0.2, -0.15) is 11.8 Å². The summed E-state index contributed by atoms with van der Waals surface area (Å²) in [7, 11) is 0. The zero-order valence-electron chi connectivity index (χ0n) is 14.9. The zero-order valence-corrected chi connectivity index (χ0v) is 16.5. The number of thioether (sulfide) groups is 1. The molecular formula is C20H21FN4S2. The fraction of sp³-hybridized carbons (Fsp3) is 0.300. The van der Waals surface area contributed by atoms with E-state index >= 15 is 0 Å². The largest absolute Gasteiger partial charge is 0.370 e. The number of nitrogens with zero attached hydrogens (tertiary/aromatic N) is 3. The van der Waals surface area contributed by atoms with Crippen molar-refractivity contribution in [3.05, 3.63) is 70.5 Å². The molecule has 0 spiro atoms. The summed E-state index contributed by atoms with van der Waals surface area (Å²) in [5.41, 5.74) is 3.56.